The van der Waals surface area contributed by atoms with Crippen LogP contribution in [0.5, 0.6) is 0 Å². The average molecular weight is 377 g/mol. The highest BCUT2D eigenvalue weighted by atomic mass is 28.5. The van der Waals surface area contributed by atoms with Gasteiger partial charge in [0.15, 0.2) is 16.6 Å². The first-order chi connectivity index (χ1) is 10.9. The fourth-order valence-corrected chi connectivity index (χ4v) is 17.5. The minimum absolute atomic E-state index is 0.656. The number of allylic oxidation sites excluding steroid dienone is 1. The van der Waals surface area contributed by atoms with Gasteiger partial charge in [-0.3, -0.25) is 0 Å². The van der Waals surface area contributed by atoms with E-state index in [1.54, 1.807) is 0 Å². The second-order valence-electron chi connectivity index (χ2n) is 6.30. The molecule has 0 amide bonds. The molecule has 0 aliphatic rings. The third-order valence-electron chi connectivity index (χ3n) is 5.37. The van der Waals surface area contributed by atoms with E-state index in [1.165, 1.54) is 0 Å². The van der Waals surface area contributed by atoms with Gasteiger partial charge in [0.1, 0.15) is 0 Å². The molecule has 23 heavy (non-hydrogen) atoms. The Bertz CT molecular complexity index is 291. The Morgan fingerprint density at radius 2 is 1.04 bits per heavy atom. The average Bonchev–Trinajstić information content (AvgIpc) is 2.58. The Morgan fingerprint density at radius 1 is 0.696 bits per heavy atom. The molecule has 3 nitrogen and oxygen atoms in total. The molecule has 0 heterocycles. The predicted octanol–water partition coefficient (Wildman–Crippen LogP) is 6.19. The van der Waals surface area contributed by atoms with E-state index in [9.17, 15) is 0 Å². The Hall–Kier alpha value is 0.271. The SMILES string of the molecule is C=CC[Si](OCC)(O[Si](CC)(CC)CC)O[Si](CC)(CC)CC. The molecule has 0 bridgehead atoms. The zero-order chi connectivity index (χ0) is 18.0. The summed E-state index contributed by atoms with van der Waals surface area (Å²) in [4.78, 5) is 0. The molecule has 0 unspecified atom stereocenters. The van der Waals surface area contributed by atoms with Gasteiger partial charge in [-0.1, -0.05) is 47.6 Å². The van der Waals surface area contributed by atoms with Gasteiger partial charge in [0.2, 0.25) is 0 Å². The number of rotatable bonds is 14. The zero-order valence-electron chi connectivity index (χ0n) is 16.7. The zero-order valence-corrected chi connectivity index (χ0v) is 19.7. The first kappa shape index (κ1) is 23.3. The van der Waals surface area contributed by atoms with Crippen LogP contribution >= 0.6 is 0 Å². The highest BCUT2D eigenvalue weighted by Crippen LogP contribution is 2.34. The van der Waals surface area contributed by atoms with E-state index >= 15 is 0 Å². The Labute approximate surface area is 148 Å². The van der Waals surface area contributed by atoms with Crippen LogP contribution in [0, 0.1) is 0 Å². The molecule has 0 aromatic rings. The molecule has 0 aliphatic heterocycles. The topological polar surface area (TPSA) is 27.7 Å². The summed E-state index contributed by atoms with van der Waals surface area (Å²) < 4.78 is 20.1. The molecule has 138 valence electrons. The van der Waals surface area contributed by atoms with Gasteiger partial charge >= 0.3 is 8.80 Å². The second kappa shape index (κ2) is 11.0. The predicted molar refractivity (Wildman–Crippen MR) is 109 cm³/mol. The van der Waals surface area contributed by atoms with E-state index in [-0.39, 0.29) is 0 Å². The van der Waals surface area contributed by atoms with Crippen LogP contribution in [0.3, 0.4) is 0 Å². The third-order valence-corrected chi connectivity index (χ3v) is 20.6. The molecule has 0 atom stereocenters. The molecule has 0 aliphatic carbocycles. The van der Waals surface area contributed by atoms with Crippen LogP contribution in [0.15, 0.2) is 12.7 Å². The van der Waals surface area contributed by atoms with E-state index in [4.69, 9.17) is 12.7 Å². The summed E-state index contributed by atoms with van der Waals surface area (Å²) in [5.74, 6) is 0. The molecule has 0 fully saturated rings. The van der Waals surface area contributed by atoms with Crippen molar-refractivity contribution in [3.8, 4) is 0 Å². The summed E-state index contributed by atoms with van der Waals surface area (Å²) in [5, 5.41) is 0. The van der Waals surface area contributed by atoms with Crippen LogP contribution < -0.4 is 0 Å². The van der Waals surface area contributed by atoms with Gasteiger partial charge in [0.25, 0.3) is 0 Å². The van der Waals surface area contributed by atoms with E-state index < -0.39 is 25.4 Å². The fraction of sp³-hybridized carbons (Fsp3) is 0.882. The van der Waals surface area contributed by atoms with Crippen molar-refractivity contribution in [3.63, 3.8) is 0 Å². The summed E-state index contributed by atoms with van der Waals surface area (Å²) in [5.41, 5.74) is 0. The normalized spacial score (nSPS) is 13.3. The molecule has 0 radical (unpaired) electrons. The lowest BCUT2D eigenvalue weighted by molar-refractivity contribution is 0.167. The summed E-state index contributed by atoms with van der Waals surface area (Å²) in [6.45, 7) is 20.3. The lowest BCUT2D eigenvalue weighted by Crippen LogP contribution is -2.60. The maximum absolute atomic E-state index is 6.91. The van der Waals surface area contributed by atoms with Crippen LogP contribution in [-0.2, 0) is 12.7 Å². The molecule has 0 N–H and O–H groups in total. The van der Waals surface area contributed by atoms with E-state index in [1.807, 2.05) is 6.08 Å². The summed E-state index contributed by atoms with van der Waals surface area (Å²) in [7, 11) is -6.25. The maximum atomic E-state index is 6.91. The molecule has 0 spiro atoms. The van der Waals surface area contributed by atoms with Crippen molar-refractivity contribution in [2.24, 2.45) is 0 Å². The van der Waals surface area contributed by atoms with E-state index in [2.05, 4.69) is 55.0 Å². The third kappa shape index (κ3) is 6.25. The molecule has 0 aromatic heterocycles. The molecule has 0 rings (SSSR count). The van der Waals surface area contributed by atoms with Crippen LogP contribution in [0.25, 0.3) is 0 Å². The van der Waals surface area contributed by atoms with E-state index in [0.29, 0.717) is 6.61 Å². The van der Waals surface area contributed by atoms with Gasteiger partial charge in [-0.15, -0.1) is 6.58 Å². The molecule has 0 aromatic carbocycles. The van der Waals surface area contributed by atoms with Crippen molar-refractivity contribution in [2.45, 2.75) is 90.8 Å². The Morgan fingerprint density at radius 3 is 1.26 bits per heavy atom. The van der Waals surface area contributed by atoms with Crippen LogP contribution in [0.4, 0.5) is 0 Å². The second-order valence-corrected chi connectivity index (χ2v) is 19.0. The largest absolute Gasteiger partial charge is 0.484 e. The standard InChI is InChI=1S/C17H40O3Si3/c1-9-17-23(18-10-2,19-21(11-3,12-4)13-5)20-22(14-6,15-7)16-8/h9H,1,10-17H2,2-8H3. The molecular formula is C17H40O3Si3. The fourth-order valence-electron chi connectivity index (χ4n) is 3.21. The maximum Gasteiger partial charge on any atom is 0.484 e. The highest BCUT2D eigenvalue weighted by molar-refractivity contribution is 6.88. The van der Waals surface area contributed by atoms with Crippen LogP contribution in [0.1, 0.15) is 48.5 Å². The van der Waals surface area contributed by atoms with Crippen molar-refractivity contribution in [1.82, 2.24) is 0 Å². The monoisotopic (exact) mass is 376 g/mol. The quantitative estimate of drug-likeness (QED) is 0.267. The van der Waals surface area contributed by atoms with Crippen LogP contribution in [0.2, 0.25) is 42.3 Å². The van der Waals surface area contributed by atoms with Crippen molar-refractivity contribution in [1.29, 1.82) is 0 Å². The molecule has 0 saturated heterocycles. The van der Waals surface area contributed by atoms with Crippen molar-refractivity contribution >= 4 is 25.4 Å². The summed E-state index contributed by atoms with van der Waals surface area (Å²) >= 11 is 0. The van der Waals surface area contributed by atoms with Gasteiger partial charge < -0.3 is 12.7 Å². The van der Waals surface area contributed by atoms with Crippen molar-refractivity contribution in [3.05, 3.63) is 12.7 Å². The van der Waals surface area contributed by atoms with Gasteiger partial charge in [0.05, 0.1) is 0 Å². The first-order valence-electron chi connectivity index (χ1n) is 9.55. The molecule has 0 saturated carbocycles. The highest BCUT2D eigenvalue weighted by Gasteiger charge is 2.51. The number of hydrogen-bond donors (Lipinski definition) is 0. The van der Waals surface area contributed by atoms with Gasteiger partial charge in [-0.25, -0.2) is 0 Å². The minimum atomic E-state index is -2.69. The smallest absolute Gasteiger partial charge is 0.415 e. The van der Waals surface area contributed by atoms with Crippen molar-refractivity contribution < 1.29 is 12.7 Å². The Kier molecular flexibility index (Phi) is 11.1. The van der Waals surface area contributed by atoms with Crippen molar-refractivity contribution in [2.75, 3.05) is 6.61 Å². The number of hydrogen-bond acceptors (Lipinski definition) is 3. The lowest BCUT2D eigenvalue weighted by atomic mass is 10.8. The Balaban J connectivity index is 5.74. The van der Waals surface area contributed by atoms with Gasteiger partial charge in [0, 0.05) is 12.7 Å². The molecule has 6 heteroatoms. The van der Waals surface area contributed by atoms with Gasteiger partial charge in [-0.05, 0) is 43.2 Å². The first-order valence-corrected chi connectivity index (χ1v) is 16.5. The lowest BCUT2D eigenvalue weighted by Gasteiger charge is -2.44. The molecular weight excluding hydrogens is 336 g/mol. The summed E-state index contributed by atoms with van der Waals surface area (Å²) in [6, 6.07) is 7.50. The van der Waals surface area contributed by atoms with E-state index in [0.717, 1.165) is 42.3 Å². The summed E-state index contributed by atoms with van der Waals surface area (Å²) in [6.07, 6.45) is 1.95. The van der Waals surface area contributed by atoms with Crippen LogP contribution in [-0.4, -0.2) is 32.0 Å². The minimum Gasteiger partial charge on any atom is -0.415 e. The van der Waals surface area contributed by atoms with Gasteiger partial charge in [-0.2, -0.15) is 0 Å².